The van der Waals surface area contributed by atoms with Gasteiger partial charge in [-0.25, -0.2) is 8.42 Å². The fraction of sp³-hybridized carbons (Fsp3) is 0.278. The number of amides is 1. The predicted octanol–water partition coefficient (Wildman–Crippen LogP) is 3.94. The van der Waals surface area contributed by atoms with Crippen molar-refractivity contribution in [3.8, 4) is 5.75 Å². The SMILES string of the molecule is COc1ccc(NC(=O)[C@@H](NS(=O)(=O)c2ccc(Cl)cc2)C(C)C)cc1Cl. The third-order valence-corrected chi connectivity index (χ3v) is 5.78. The summed E-state index contributed by atoms with van der Waals surface area (Å²) in [6, 6.07) is 9.48. The van der Waals surface area contributed by atoms with E-state index in [1.165, 1.54) is 37.4 Å². The van der Waals surface area contributed by atoms with E-state index in [4.69, 9.17) is 27.9 Å². The summed E-state index contributed by atoms with van der Waals surface area (Å²) in [4.78, 5) is 12.7. The topological polar surface area (TPSA) is 84.5 Å². The van der Waals surface area contributed by atoms with Crippen molar-refractivity contribution in [2.24, 2.45) is 5.92 Å². The van der Waals surface area contributed by atoms with Crippen LogP contribution < -0.4 is 14.8 Å². The van der Waals surface area contributed by atoms with E-state index in [1.54, 1.807) is 26.0 Å². The highest BCUT2D eigenvalue weighted by atomic mass is 35.5. The molecule has 0 bridgehead atoms. The Kier molecular flexibility index (Phi) is 7.11. The van der Waals surface area contributed by atoms with E-state index in [0.29, 0.717) is 21.5 Å². The highest BCUT2D eigenvalue weighted by Gasteiger charge is 2.28. The van der Waals surface area contributed by atoms with Gasteiger partial charge in [0.15, 0.2) is 0 Å². The largest absolute Gasteiger partial charge is 0.495 e. The average Bonchev–Trinajstić information content (AvgIpc) is 2.60. The Balaban J connectivity index is 2.20. The minimum absolute atomic E-state index is 0.0258. The van der Waals surface area contributed by atoms with Gasteiger partial charge in [-0.3, -0.25) is 4.79 Å². The number of methoxy groups -OCH3 is 1. The van der Waals surface area contributed by atoms with Gasteiger partial charge in [0.05, 0.1) is 17.0 Å². The lowest BCUT2D eigenvalue weighted by Crippen LogP contribution is -2.47. The van der Waals surface area contributed by atoms with Gasteiger partial charge < -0.3 is 10.1 Å². The van der Waals surface area contributed by atoms with E-state index < -0.39 is 22.0 Å². The summed E-state index contributed by atoms with van der Waals surface area (Å²) in [7, 11) is -2.41. The van der Waals surface area contributed by atoms with Crippen LogP contribution in [-0.2, 0) is 14.8 Å². The number of benzene rings is 2. The molecule has 9 heteroatoms. The molecule has 2 N–H and O–H groups in total. The zero-order valence-corrected chi connectivity index (χ0v) is 17.3. The minimum atomic E-state index is -3.89. The van der Waals surface area contributed by atoms with Gasteiger partial charge in [-0.05, 0) is 48.4 Å². The summed E-state index contributed by atoms with van der Waals surface area (Å²) in [6.45, 7) is 3.49. The number of anilines is 1. The zero-order valence-electron chi connectivity index (χ0n) is 15.0. The van der Waals surface area contributed by atoms with Gasteiger partial charge in [0.25, 0.3) is 0 Å². The molecule has 1 amide bonds. The van der Waals surface area contributed by atoms with Crippen LogP contribution in [-0.4, -0.2) is 27.5 Å². The first-order valence-electron chi connectivity index (χ1n) is 8.06. The second-order valence-electron chi connectivity index (χ2n) is 6.14. The fourth-order valence-electron chi connectivity index (χ4n) is 2.31. The molecule has 146 valence electrons. The first kappa shape index (κ1) is 21.5. The molecule has 0 fully saturated rings. The van der Waals surface area contributed by atoms with Gasteiger partial charge in [0.2, 0.25) is 15.9 Å². The number of hydrogen-bond donors (Lipinski definition) is 2. The number of rotatable bonds is 7. The normalized spacial score (nSPS) is 12.7. The second-order valence-corrected chi connectivity index (χ2v) is 8.69. The number of ether oxygens (including phenoxy) is 1. The summed E-state index contributed by atoms with van der Waals surface area (Å²) in [5.74, 6) is -0.317. The van der Waals surface area contributed by atoms with Crippen LogP contribution in [0, 0.1) is 5.92 Å². The number of sulfonamides is 1. The Bertz CT molecular complexity index is 915. The lowest BCUT2D eigenvalue weighted by molar-refractivity contribution is -0.118. The van der Waals surface area contributed by atoms with Gasteiger partial charge in [0, 0.05) is 10.7 Å². The minimum Gasteiger partial charge on any atom is -0.495 e. The van der Waals surface area contributed by atoms with Gasteiger partial charge in [-0.15, -0.1) is 0 Å². The van der Waals surface area contributed by atoms with E-state index >= 15 is 0 Å². The van der Waals surface area contributed by atoms with Crippen molar-refractivity contribution in [3.63, 3.8) is 0 Å². The number of carbonyl (C=O) groups excluding carboxylic acids is 1. The molecular formula is C18H20Cl2N2O4S. The van der Waals surface area contributed by atoms with Crippen molar-refractivity contribution in [2.75, 3.05) is 12.4 Å². The predicted molar refractivity (Wildman–Crippen MR) is 107 cm³/mol. The molecule has 2 aromatic carbocycles. The second kappa shape index (κ2) is 8.93. The molecule has 0 aliphatic carbocycles. The lowest BCUT2D eigenvalue weighted by atomic mass is 10.0. The third-order valence-electron chi connectivity index (χ3n) is 3.77. The number of hydrogen-bond acceptors (Lipinski definition) is 4. The van der Waals surface area contributed by atoms with Gasteiger partial charge in [-0.2, -0.15) is 4.72 Å². The number of halogens is 2. The molecule has 0 saturated heterocycles. The van der Waals surface area contributed by atoms with Crippen LogP contribution in [0.5, 0.6) is 5.75 Å². The summed E-state index contributed by atoms with van der Waals surface area (Å²) < 4.78 is 32.7. The van der Waals surface area contributed by atoms with Gasteiger partial charge >= 0.3 is 0 Å². The van der Waals surface area contributed by atoms with E-state index in [9.17, 15) is 13.2 Å². The molecule has 0 heterocycles. The van der Waals surface area contributed by atoms with Gasteiger partial charge in [-0.1, -0.05) is 37.0 Å². The van der Waals surface area contributed by atoms with Gasteiger partial charge in [0.1, 0.15) is 11.8 Å². The van der Waals surface area contributed by atoms with Crippen LogP contribution in [0.4, 0.5) is 5.69 Å². The van der Waals surface area contributed by atoms with Crippen LogP contribution >= 0.6 is 23.2 Å². The number of nitrogens with one attached hydrogen (secondary N) is 2. The highest BCUT2D eigenvalue weighted by Crippen LogP contribution is 2.27. The third kappa shape index (κ3) is 5.59. The standard InChI is InChI=1S/C18H20Cl2N2O4S/c1-11(2)17(22-27(24,25)14-7-4-12(19)5-8-14)18(23)21-13-6-9-16(26-3)15(20)10-13/h4-11,17,22H,1-3H3,(H,21,23)/t17-/m0/s1. The zero-order chi connectivity index (χ0) is 20.2. The van der Waals surface area contributed by atoms with Crippen molar-refractivity contribution in [3.05, 3.63) is 52.5 Å². The van der Waals surface area contributed by atoms with E-state index in [2.05, 4.69) is 10.0 Å². The maximum Gasteiger partial charge on any atom is 0.242 e. The Hall–Kier alpha value is -1.80. The van der Waals surface area contributed by atoms with Crippen LogP contribution in [0.2, 0.25) is 10.0 Å². The van der Waals surface area contributed by atoms with Crippen LogP contribution in [0.3, 0.4) is 0 Å². The van der Waals surface area contributed by atoms with E-state index in [-0.39, 0.29) is 10.8 Å². The molecule has 0 aliphatic rings. The van der Waals surface area contributed by atoms with Crippen molar-refractivity contribution in [2.45, 2.75) is 24.8 Å². The molecule has 2 rings (SSSR count). The summed E-state index contributed by atoms with van der Waals surface area (Å²) in [5.41, 5.74) is 0.433. The first-order chi connectivity index (χ1) is 12.6. The Morgan fingerprint density at radius 1 is 1.07 bits per heavy atom. The first-order valence-corrected chi connectivity index (χ1v) is 10.3. The molecule has 27 heavy (non-hydrogen) atoms. The molecular weight excluding hydrogens is 411 g/mol. The van der Waals surface area contributed by atoms with E-state index in [1.807, 2.05) is 0 Å². The van der Waals surface area contributed by atoms with Crippen molar-refractivity contribution in [1.29, 1.82) is 0 Å². The van der Waals surface area contributed by atoms with Crippen LogP contribution in [0.25, 0.3) is 0 Å². The monoisotopic (exact) mass is 430 g/mol. The molecule has 0 unspecified atom stereocenters. The molecule has 0 aliphatic heterocycles. The smallest absolute Gasteiger partial charge is 0.242 e. The van der Waals surface area contributed by atoms with Crippen LogP contribution in [0.15, 0.2) is 47.4 Å². The molecule has 6 nitrogen and oxygen atoms in total. The van der Waals surface area contributed by atoms with Crippen molar-refractivity contribution >= 4 is 44.8 Å². The Morgan fingerprint density at radius 2 is 1.70 bits per heavy atom. The maximum atomic E-state index is 12.6. The van der Waals surface area contributed by atoms with Crippen molar-refractivity contribution < 1.29 is 17.9 Å². The summed E-state index contributed by atoms with van der Waals surface area (Å²) >= 11 is 11.8. The average molecular weight is 431 g/mol. The lowest BCUT2D eigenvalue weighted by Gasteiger charge is -2.22. The fourth-order valence-corrected chi connectivity index (χ4v) is 4.03. The highest BCUT2D eigenvalue weighted by molar-refractivity contribution is 7.89. The van der Waals surface area contributed by atoms with Crippen LogP contribution in [0.1, 0.15) is 13.8 Å². The van der Waals surface area contributed by atoms with Crippen molar-refractivity contribution in [1.82, 2.24) is 4.72 Å². The van der Waals surface area contributed by atoms with E-state index in [0.717, 1.165) is 0 Å². The molecule has 1 atom stereocenters. The number of carbonyl (C=O) groups is 1. The summed E-state index contributed by atoms with van der Waals surface area (Å²) in [5, 5.41) is 3.42. The molecule has 0 radical (unpaired) electrons. The molecule has 2 aromatic rings. The molecule has 0 aromatic heterocycles. The Labute approximate surface area is 168 Å². The molecule has 0 saturated carbocycles. The quantitative estimate of drug-likeness (QED) is 0.696. The summed E-state index contributed by atoms with van der Waals surface area (Å²) in [6.07, 6.45) is 0. The Morgan fingerprint density at radius 3 is 2.22 bits per heavy atom. The maximum absolute atomic E-state index is 12.6. The molecule has 0 spiro atoms.